The molecule has 0 spiro atoms. The molecule has 1 aliphatic carbocycles. The number of carbonyl (C=O) groups excluding carboxylic acids is 2. The van der Waals surface area contributed by atoms with Gasteiger partial charge in [-0.3, -0.25) is 4.79 Å². The maximum absolute atomic E-state index is 12.7. The predicted octanol–water partition coefficient (Wildman–Crippen LogP) is 3.78. The van der Waals surface area contributed by atoms with Gasteiger partial charge in [-0.25, -0.2) is 4.79 Å². The number of hydrogen-bond donors (Lipinski definition) is 1. The minimum absolute atomic E-state index is 0.0866. The van der Waals surface area contributed by atoms with E-state index in [0.29, 0.717) is 6.61 Å². The molecule has 1 N–H and O–H groups in total. The van der Waals surface area contributed by atoms with Crippen molar-refractivity contribution >= 4 is 11.9 Å². The molecule has 5 nitrogen and oxygen atoms in total. The van der Waals surface area contributed by atoms with Gasteiger partial charge in [0.1, 0.15) is 11.6 Å². The third-order valence-electron chi connectivity index (χ3n) is 3.76. The van der Waals surface area contributed by atoms with Gasteiger partial charge in [-0.1, -0.05) is 36.4 Å². The molecular formula is C20H27NO4. The molecule has 1 aromatic carbocycles. The first kappa shape index (κ1) is 19.2. The molecule has 0 bridgehead atoms. The van der Waals surface area contributed by atoms with Crippen molar-refractivity contribution in [2.45, 2.75) is 58.3 Å². The van der Waals surface area contributed by atoms with Crippen molar-refractivity contribution in [3.8, 4) is 0 Å². The summed E-state index contributed by atoms with van der Waals surface area (Å²) >= 11 is 0. The van der Waals surface area contributed by atoms with E-state index >= 15 is 0 Å². The number of nitrogens with one attached hydrogen (secondary N) is 1. The first-order valence-corrected chi connectivity index (χ1v) is 8.69. The number of rotatable bonds is 7. The zero-order valence-corrected chi connectivity index (χ0v) is 15.2. The second kappa shape index (κ2) is 8.81. The molecule has 136 valence electrons. The van der Waals surface area contributed by atoms with Crippen molar-refractivity contribution in [2.75, 3.05) is 6.61 Å². The van der Waals surface area contributed by atoms with Gasteiger partial charge in [-0.05, 0) is 51.2 Å². The van der Waals surface area contributed by atoms with E-state index in [1.54, 1.807) is 20.8 Å². The van der Waals surface area contributed by atoms with Crippen LogP contribution >= 0.6 is 0 Å². The van der Waals surface area contributed by atoms with Crippen LogP contribution in [0.5, 0.6) is 0 Å². The van der Waals surface area contributed by atoms with Crippen LogP contribution in [-0.2, 0) is 20.9 Å². The lowest BCUT2D eigenvalue weighted by molar-refractivity contribution is -0.119. The lowest BCUT2D eigenvalue weighted by Crippen LogP contribution is -2.46. The van der Waals surface area contributed by atoms with Crippen LogP contribution in [0.3, 0.4) is 0 Å². The van der Waals surface area contributed by atoms with Gasteiger partial charge >= 0.3 is 6.09 Å². The molecule has 0 unspecified atom stereocenters. The van der Waals surface area contributed by atoms with Crippen LogP contribution < -0.4 is 5.32 Å². The minimum atomic E-state index is -0.733. The van der Waals surface area contributed by atoms with Gasteiger partial charge in [0.05, 0.1) is 13.2 Å². The smallest absolute Gasteiger partial charge is 0.408 e. The maximum Gasteiger partial charge on any atom is 0.408 e. The molecule has 0 fully saturated rings. The van der Waals surface area contributed by atoms with Gasteiger partial charge in [-0.15, -0.1) is 0 Å². The molecule has 0 saturated heterocycles. The molecule has 1 aliphatic rings. The van der Waals surface area contributed by atoms with E-state index in [2.05, 4.69) is 5.32 Å². The molecule has 0 aromatic heterocycles. The highest BCUT2D eigenvalue weighted by Gasteiger charge is 2.27. The van der Waals surface area contributed by atoms with Crippen LogP contribution in [0.25, 0.3) is 0 Å². The fourth-order valence-electron chi connectivity index (χ4n) is 2.62. The standard InChI is InChI=1S/C20H27NO4/c1-20(2,3)25-19(23)21-17(18(22)16-11-7-8-12-16)14-24-13-15-9-5-4-6-10-15/h4-6,9-11,17H,7-8,12-14H2,1-3H3,(H,21,23)/t17-/m0/s1. The van der Waals surface area contributed by atoms with Gasteiger partial charge in [-0.2, -0.15) is 0 Å². The Balaban J connectivity index is 1.96. The Labute approximate surface area is 149 Å². The SMILES string of the molecule is CC(C)(C)OC(=O)N[C@@H](COCc1ccccc1)C(=O)C1=CCCC1. The van der Waals surface area contributed by atoms with Gasteiger partial charge in [0.15, 0.2) is 5.78 Å². The summed E-state index contributed by atoms with van der Waals surface area (Å²) in [6.45, 7) is 5.86. The Kier molecular flexibility index (Phi) is 6.76. The van der Waals surface area contributed by atoms with Crippen molar-refractivity contribution in [3.63, 3.8) is 0 Å². The van der Waals surface area contributed by atoms with Gasteiger partial charge in [0, 0.05) is 0 Å². The summed E-state index contributed by atoms with van der Waals surface area (Å²) < 4.78 is 10.9. The summed E-state index contributed by atoms with van der Waals surface area (Å²) in [7, 11) is 0. The Bertz CT molecular complexity index is 616. The van der Waals surface area contributed by atoms with Gasteiger partial charge in [0.25, 0.3) is 0 Å². The van der Waals surface area contributed by atoms with Crippen molar-refractivity contribution in [1.29, 1.82) is 0 Å². The quantitative estimate of drug-likeness (QED) is 0.817. The predicted molar refractivity (Wildman–Crippen MR) is 96.2 cm³/mol. The van der Waals surface area contributed by atoms with Gasteiger partial charge < -0.3 is 14.8 Å². The molecule has 1 amide bonds. The molecule has 1 aromatic rings. The average molecular weight is 345 g/mol. The topological polar surface area (TPSA) is 64.6 Å². The van der Waals surface area contributed by atoms with E-state index in [-0.39, 0.29) is 12.4 Å². The zero-order chi connectivity index (χ0) is 18.3. The molecule has 25 heavy (non-hydrogen) atoms. The zero-order valence-electron chi connectivity index (χ0n) is 15.2. The number of Topliss-reactive ketones (excluding diaryl/α,β-unsaturated/α-hetero) is 1. The fourth-order valence-corrected chi connectivity index (χ4v) is 2.62. The van der Waals surface area contributed by atoms with E-state index in [1.807, 2.05) is 36.4 Å². The molecule has 0 aliphatic heterocycles. The molecule has 1 atom stereocenters. The third-order valence-corrected chi connectivity index (χ3v) is 3.76. The summed E-state index contributed by atoms with van der Waals surface area (Å²) in [4.78, 5) is 24.7. The molecule has 0 radical (unpaired) electrons. The van der Waals surface area contributed by atoms with Crippen LogP contribution in [0.2, 0.25) is 0 Å². The Hall–Kier alpha value is -2.14. The Morgan fingerprint density at radius 1 is 1.20 bits per heavy atom. The summed E-state index contributed by atoms with van der Waals surface area (Å²) in [6.07, 6.45) is 3.98. The largest absolute Gasteiger partial charge is 0.444 e. The highest BCUT2D eigenvalue weighted by atomic mass is 16.6. The summed E-state index contributed by atoms with van der Waals surface area (Å²) in [5.74, 6) is -0.0866. The van der Waals surface area contributed by atoms with Crippen LogP contribution in [-0.4, -0.2) is 30.1 Å². The summed E-state index contributed by atoms with van der Waals surface area (Å²) in [6, 6.07) is 8.98. The molecule has 0 heterocycles. The number of amides is 1. The Morgan fingerprint density at radius 3 is 2.52 bits per heavy atom. The molecule has 2 rings (SSSR count). The number of carbonyl (C=O) groups is 2. The van der Waals surface area contributed by atoms with E-state index in [9.17, 15) is 9.59 Å². The van der Waals surface area contributed by atoms with Crippen LogP contribution in [0.15, 0.2) is 42.0 Å². The highest BCUT2D eigenvalue weighted by molar-refractivity contribution is 6.01. The first-order valence-electron chi connectivity index (χ1n) is 8.69. The lowest BCUT2D eigenvalue weighted by atomic mass is 10.0. The summed E-state index contributed by atoms with van der Waals surface area (Å²) in [5.41, 5.74) is 1.17. The molecular weight excluding hydrogens is 318 g/mol. The molecule has 5 heteroatoms. The average Bonchev–Trinajstić information content (AvgIpc) is 3.07. The number of alkyl carbamates (subject to hydrolysis) is 1. The third kappa shape index (κ3) is 6.70. The second-order valence-electron chi connectivity index (χ2n) is 7.19. The number of benzene rings is 1. The maximum atomic E-state index is 12.7. The van der Waals surface area contributed by atoms with Crippen molar-refractivity contribution in [1.82, 2.24) is 5.32 Å². The van der Waals surface area contributed by atoms with Crippen LogP contribution in [0, 0.1) is 0 Å². The summed E-state index contributed by atoms with van der Waals surface area (Å²) in [5, 5.41) is 2.66. The van der Waals surface area contributed by atoms with Crippen LogP contribution in [0.1, 0.15) is 45.6 Å². The highest BCUT2D eigenvalue weighted by Crippen LogP contribution is 2.20. The number of allylic oxidation sites excluding steroid dienone is 1. The molecule has 0 saturated carbocycles. The Morgan fingerprint density at radius 2 is 1.92 bits per heavy atom. The fraction of sp³-hybridized carbons (Fsp3) is 0.500. The lowest BCUT2D eigenvalue weighted by Gasteiger charge is -2.23. The van der Waals surface area contributed by atoms with Crippen molar-refractivity contribution < 1.29 is 19.1 Å². The number of hydrogen-bond acceptors (Lipinski definition) is 4. The second-order valence-corrected chi connectivity index (χ2v) is 7.19. The number of ketones is 1. The van der Waals surface area contributed by atoms with Crippen molar-refractivity contribution in [2.24, 2.45) is 0 Å². The van der Waals surface area contributed by atoms with E-state index in [1.165, 1.54) is 0 Å². The van der Waals surface area contributed by atoms with E-state index in [0.717, 1.165) is 30.4 Å². The monoisotopic (exact) mass is 345 g/mol. The first-order chi connectivity index (χ1) is 11.8. The van der Waals surface area contributed by atoms with E-state index < -0.39 is 17.7 Å². The number of ether oxygens (including phenoxy) is 2. The van der Waals surface area contributed by atoms with Crippen LogP contribution in [0.4, 0.5) is 4.79 Å². The minimum Gasteiger partial charge on any atom is -0.444 e. The normalized spacial score (nSPS) is 15.4. The van der Waals surface area contributed by atoms with E-state index in [4.69, 9.17) is 9.47 Å². The van der Waals surface area contributed by atoms with Gasteiger partial charge in [0.2, 0.25) is 0 Å². The van der Waals surface area contributed by atoms with Crippen molar-refractivity contribution in [3.05, 3.63) is 47.5 Å².